The van der Waals surface area contributed by atoms with Crippen LogP contribution in [0.15, 0.2) is 69.3 Å². The van der Waals surface area contributed by atoms with Gasteiger partial charge in [0.25, 0.3) is 30.4 Å². The molecule has 2 aromatic rings. The van der Waals surface area contributed by atoms with Crippen molar-refractivity contribution in [3.05, 3.63) is 65.7 Å². The van der Waals surface area contributed by atoms with Gasteiger partial charge in [-0.25, -0.2) is 0 Å². The second-order valence-corrected chi connectivity index (χ2v) is 9.90. The largest absolute Gasteiger partial charge is 0.295 e. The maximum atomic E-state index is 12.3. The van der Waals surface area contributed by atoms with E-state index in [-0.39, 0.29) is 5.56 Å². The predicted molar refractivity (Wildman–Crippen MR) is 100 cm³/mol. The number of hydrogen-bond donors (Lipinski definition) is 3. The van der Waals surface area contributed by atoms with E-state index in [2.05, 4.69) is 0 Å². The van der Waals surface area contributed by atoms with Crippen LogP contribution in [0.25, 0.3) is 0 Å². The van der Waals surface area contributed by atoms with E-state index in [0.717, 1.165) is 42.5 Å². The molecule has 14 heteroatoms. The Morgan fingerprint density at radius 2 is 1.10 bits per heavy atom. The molecule has 30 heavy (non-hydrogen) atoms. The third kappa shape index (κ3) is 5.65. The van der Waals surface area contributed by atoms with Gasteiger partial charge in [0, 0.05) is 11.1 Å². The van der Waals surface area contributed by atoms with Gasteiger partial charge in [-0.1, -0.05) is 0 Å². The zero-order valence-electron chi connectivity index (χ0n) is 14.5. The first-order valence-corrected chi connectivity index (χ1v) is 11.9. The van der Waals surface area contributed by atoms with Crippen molar-refractivity contribution in [2.75, 3.05) is 0 Å². The van der Waals surface area contributed by atoms with Crippen molar-refractivity contribution in [2.45, 2.75) is 14.7 Å². The summed E-state index contributed by atoms with van der Waals surface area (Å²) in [5.74, 6) is -1.87. The molecule has 0 aliphatic carbocycles. The topological polar surface area (TPSA) is 197 Å². The molecule has 0 fully saturated rings. The van der Waals surface area contributed by atoms with E-state index in [9.17, 15) is 39.4 Å². The summed E-state index contributed by atoms with van der Waals surface area (Å²) >= 11 is 0. The molecule has 11 nitrogen and oxygen atoms in total. The van der Waals surface area contributed by atoms with Gasteiger partial charge in [0.15, 0.2) is 11.6 Å². The Kier molecular flexibility index (Phi) is 6.41. The number of hydrogen-bond acceptors (Lipinski definition) is 8. The average molecular weight is 476 g/mol. The minimum Gasteiger partial charge on any atom is -0.289 e. The van der Waals surface area contributed by atoms with Crippen LogP contribution in [0.2, 0.25) is 0 Å². The summed E-state index contributed by atoms with van der Waals surface area (Å²) in [6.07, 6.45) is 1.38. The second-order valence-electron chi connectivity index (χ2n) is 5.67. The molecule has 2 rings (SSSR count). The monoisotopic (exact) mass is 476 g/mol. The number of benzene rings is 2. The lowest BCUT2D eigenvalue weighted by molar-refractivity contribution is 0.102. The lowest BCUT2D eigenvalue weighted by Gasteiger charge is -2.06. The number of ketones is 2. The van der Waals surface area contributed by atoms with Crippen LogP contribution in [-0.2, 0) is 30.4 Å². The van der Waals surface area contributed by atoms with Crippen LogP contribution in [0.5, 0.6) is 0 Å². The summed E-state index contributed by atoms with van der Waals surface area (Å²) in [4.78, 5) is 21.9. The molecular weight excluding hydrogens is 464 g/mol. The minimum atomic E-state index is -5.07. The first kappa shape index (κ1) is 23.5. The first-order valence-electron chi connectivity index (χ1n) is 7.54. The van der Waals surface area contributed by atoms with Gasteiger partial charge in [0.1, 0.15) is 4.90 Å². The van der Waals surface area contributed by atoms with Crippen molar-refractivity contribution >= 4 is 41.9 Å². The van der Waals surface area contributed by atoms with E-state index >= 15 is 0 Å². The van der Waals surface area contributed by atoms with Crippen molar-refractivity contribution in [1.82, 2.24) is 0 Å². The summed E-state index contributed by atoms with van der Waals surface area (Å²) in [5, 5.41) is 0. The Balaban J connectivity index is 2.37. The van der Waals surface area contributed by atoms with Gasteiger partial charge in [0.2, 0.25) is 0 Å². The van der Waals surface area contributed by atoms with Crippen molar-refractivity contribution in [3.8, 4) is 0 Å². The molecule has 0 saturated heterocycles. The standard InChI is InChI=1S/C16H12O11S3/c17-14(10-1-3-11(4-2-10)28(19,20)21)7-8-15(18)13-6-5-12(29(22,23)24)9-16(13)30(25,26)27/h1-9H,(H,19,20,21)(H,22,23,24)(H,25,26,27)/b8-7-. The van der Waals surface area contributed by atoms with Gasteiger partial charge in [-0.05, 0) is 54.6 Å². The predicted octanol–water partition coefficient (Wildman–Crippen LogP) is 1.05. The Hall–Kier alpha value is -2.75. The molecule has 0 bridgehead atoms. The summed E-state index contributed by atoms with van der Waals surface area (Å²) in [5.41, 5.74) is -0.737. The summed E-state index contributed by atoms with van der Waals surface area (Å²) in [6, 6.07) is 5.84. The van der Waals surface area contributed by atoms with E-state index in [1.54, 1.807) is 0 Å². The van der Waals surface area contributed by atoms with Gasteiger partial charge in [0.05, 0.1) is 9.79 Å². The summed E-state index contributed by atoms with van der Waals surface area (Å²) in [6.45, 7) is 0. The van der Waals surface area contributed by atoms with Gasteiger partial charge < -0.3 is 0 Å². The second kappa shape index (κ2) is 8.17. The Morgan fingerprint density at radius 3 is 1.57 bits per heavy atom. The zero-order valence-corrected chi connectivity index (χ0v) is 17.0. The summed E-state index contributed by atoms with van der Waals surface area (Å²) < 4.78 is 94.3. The highest BCUT2D eigenvalue weighted by atomic mass is 32.2. The van der Waals surface area contributed by atoms with Crippen LogP contribution >= 0.6 is 0 Å². The third-order valence-electron chi connectivity index (χ3n) is 3.62. The fraction of sp³-hybridized carbons (Fsp3) is 0. The molecular formula is C16H12O11S3. The van der Waals surface area contributed by atoms with E-state index in [1.165, 1.54) is 0 Å². The molecule has 0 aliphatic heterocycles. The maximum Gasteiger partial charge on any atom is 0.295 e. The van der Waals surface area contributed by atoms with Crippen molar-refractivity contribution < 1.29 is 48.5 Å². The quantitative estimate of drug-likeness (QED) is 0.293. The van der Waals surface area contributed by atoms with Gasteiger partial charge in [-0.3, -0.25) is 23.2 Å². The highest BCUT2D eigenvalue weighted by Crippen LogP contribution is 2.21. The lowest BCUT2D eigenvalue weighted by atomic mass is 10.1. The van der Waals surface area contributed by atoms with Crippen molar-refractivity contribution in [2.24, 2.45) is 0 Å². The van der Waals surface area contributed by atoms with E-state index in [1.807, 2.05) is 0 Å². The van der Waals surface area contributed by atoms with Crippen LogP contribution in [0.3, 0.4) is 0 Å². The Bertz CT molecular complexity index is 1370. The van der Waals surface area contributed by atoms with Gasteiger partial charge in [-0.15, -0.1) is 0 Å². The number of carbonyl (C=O) groups is 2. The minimum absolute atomic E-state index is 0.0665. The first-order chi connectivity index (χ1) is 13.6. The molecule has 0 heterocycles. The fourth-order valence-electron chi connectivity index (χ4n) is 2.21. The zero-order chi connectivity index (χ0) is 22.9. The van der Waals surface area contributed by atoms with E-state index < -0.39 is 62.2 Å². The van der Waals surface area contributed by atoms with Crippen LogP contribution in [0.4, 0.5) is 0 Å². The molecule has 0 spiro atoms. The molecule has 0 radical (unpaired) electrons. The molecule has 2 aromatic carbocycles. The number of carbonyl (C=O) groups excluding carboxylic acids is 2. The molecule has 0 unspecified atom stereocenters. The molecule has 3 N–H and O–H groups in total. The highest BCUT2D eigenvalue weighted by molar-refractivity contribution is 7.86. The SMILES string of the molecule is O=C(/C=C\C(=O)c1ccc(S(=O)(=O)O)cc1S(=O)(=O)O)c1ccc(S(=O)(=O)O)cc1. The number of rotatable bonds is 7. The van der Waals surface area contributed by atoms with E-state index in [0.29, 0.717) is 12.1 Å². The van der Waals surface area contributed by atoms with Crippen LogP contribution in [-0.4, -0.2) is 50.5 Å². The molecule has 160 valence electrons. The van der Waals surface area contributed by atoms with Crippen molar-refractivity contribution in [1.29, 1.82) is 0 Å². The normalized spacial score (nSPS) is 12.8. The van der Waals surface area contributed by atoms with Crippen LogP contribution in [0, 0.1) is 0 Å². The Labute approximate surface area is 170 Å². The smallest absolute Gasteiger partial charge is 0.289 e. The van der Waals surface area contributed by atoms with Gasteiger partial charge in [-0.2, -0.15) is 25.3 Å². The van der Waals surface area contributed by atoms with Crippen molar-refractivity contribution in [3.63, 3.8) is 0 Å². The molecule has 0 saturated carbocycles. The lowest BCUT2D eigenvalue weighted by Crippen LogP contribution is -2.10. The fourth-order valence-corrected chi connectivity index (χ4v) is 3.99. The average Bonchev–Trinajstić information content (AvgIpc) is 2.63. The highest BCUT2D eigenvalue weighted by Gasteiger charge is 2.23. The van der Waals surface area contributed by atoms with E-state index in [4.69, 9.17) is 9.11 Å². The van der Waals surface area contributed by atoms with Crippen LogP contribution in [0.1, 0.15) is 20.7 Å². The molecule has 0 atom stereocenters. The Morgan fingerprint density at radius 1 is 0.633 bits per heavy atom. The van der Waals surface area contributed by atoms with Gasteiger partial charge >= 0.3 is 0 Å². The van der Waals surface area contributed by atoms with Crippen LogP contribution < -0.4 is 0 Å². The maximum absolute atomic E-state index is 12.3. The third-order valence-corrected chi connectivity index (χ3v) is 6.23. The molecule has 0 amide bonds. The molecule has 0 aliphatic rings. The molecule has 0 aromatic heterocycles. The number of allylic oxidation sites excluding steroid dienone is 2. The summed E-state index contributed by atoms with van der Waals surface area (Å²) in [7, 11) is -14.4.